The second kappa shape index (κ2) is 8.01. The van der Waals surface area contributed by atoms with Crippen LogP contribution in [0.3, 0.4) is 0 Å². The zero-order valence-corrected chi connectivity index (χ0v) is 13.7. The number of hydrogen-bond acceptors (Lipinski definition) is 3. The van der Waals surface area contributed by atoms with Crippen LogP contribution in [0.2, 0.25) is 10.0 Å². The molecule has 116 valence electrons. The van der Waals surface area contributed by atoms with Gasteiger partial charge in [-0.25, -0.2) is 4.98 Å². The smallest absolute Gasteiger partial charge is 0.224 e. The van der Waals surface area contributed by atoms with Gasteiger partial charge in [0.1, 0.15) is 5.82 Å². The minimum atomic E-state index is 0.00208. The average molecular weight is 338 g/mol. The number of carbonyl (C=O) groups is 1. The SMILES string of the molecule is CCCCC(=O)Nc1ccc(Nc2cc(Cl)ccc2Cl)nc1. The number of nitrogens with one attached hydrogen (secondary N) is 2. The van der Waals surface area contributed by atoms with Gasteiger partial charge in [-0.3, -0.25) is 4.79 Å². The molecule has 0 fully saturated rings. The van der Waals surface area contributed by atoms with Crippen LogP contribution in [0, 0.1) is 0 Å². The fraction of sp³-hybridized carbons (Fsp3) is 0.250. The van der Waals surface area contributed by atoms with Crippen molar-refractivity contribution in [2.75, 3.05) is 10.6 Å². The first kappa shape index (κ1) is 16.6. The first-order valence-electron chi connectivity index (χ1n) is 7.06. The zero-order valence-electron chi connectivity index (χ0n) is 12.2. The van der Waals surface area contributed by atoms with Gasteiger partial charge in [-0.1, -0.05) is 36.5 Å². The van der Waals surface area contributed by atoms with Crippen molar-refractivity contribution in [3.63, 3.8) is 0 Å². The van der Waals surface area contributed by atoms with Gasteiger partial charge < -0.3 is 10.6 Å². The summed E-state index contributed by atoms with van der Waals surface area (Å²) in [7, 11) is 0. The predicted octanol–water partition coefficient (Wildman–Crippen LogP) is 5.26. The fourth-order valence-electron chi connectivity index (χ4n) is 1.83. The first-order chi connectivity index (χ1) is 10.6. The summed E-state index contributed by atoms with van der Waals surface area (Å²) in [5.41, 5.74) is 1.35. The van der Waals surface area contributed by atoms with Crippen LogP contribution in [0.25, 0.3) is 0 Å². The molecular weight excluding hydrogens is 321 g/mol. The molecule has 4 nitrogen and oxygen atoms in total. The lowest BCUT2D eigenvalue weighted by atomic mass is 10.2. The molecule has 0 spiro atoms. The van der Waals surface area contributed by atoms with E-state index in [0.29, 0.717) is 33.7 Å². The molecule has 1 heterocycles. The van der Waals surface area contributed by atoms with Crippen molar-refractivity contribution in [1.82, 2.24) is 4.98 Å². The number of hydrogen-bond donors (Lipinski definition) is 2. The standard InChI is InChI=1S/C16H17Cl2N3O/c1-2-3-4-16(22)20-12-6-8-15(19-10-12)21-14-9-11(17)5-7-13(14)18/h5-10H,2-4H2,1H3,(H,19,21)(H,20,22). The van der Waals surface area contributed by atoms with Crippen molar-refractivity contribution in [2.24, 2.45) is 0 Å². The molecule has 2 N–H and O–H groups in total. The molecule has 0 saturated heterocycles. The minimum absolute atomic E-state index is 0.00208. The largest absolute Gasteiger partial charge is 0.339 e. The Morgan fingerprint density at radius 2 is 2.05 bits per heavy atom. The van der Waals surface area contributed by atoms with Crippen LogP contribution in [0.4, 0.5) is 17.2 Å². The molecule has 6 heteroatoms. The summed E-state index contributed by atoms with van der Waals surface area (Å²) in [5, 5.41) is 7.05. The van der Waals surface area contributed by atoms with Crippen LogP contribution in [-0.2, 0) is 4.79 Å². The molecule has 0 bridgehead atoms. The molecule has 0 aliphatic heterocycles. The Labute approximate surface area is 139 Å². The van der Waals surface area contributed by atoms with Gasteiger partial charge in [-0.15, -0.1) is 0 Å². The minimum Gasteiger partial charge on any atom is -0.339 e. The molecule has 1 aromatic heterocycles. The van der Waals surface area contributed by atoms with Gasteiger partial charge in [0.05, 0.1) is 22.6 Å². The summed E-state index contributed by atoms with van der Waals surface area (Å²) in [4.78, 5) is 15.9. The van der Waals surface area contributed by atoms with E-state index in [-0.39, 0.29) is 5.91 Å². The van der Waals surface area contributed by atoms with Gasteiger partial charge in [0.15, 0.2) is 0 Å². The molecule has 2 rings (SSSR count). The van der Waals surface area contributed by atoms with E-state index < -0.39 is 0 Å². The van der Waals surface area contributed by atoms with Crippen molar-refractivity contribution < 1.29 is 4.79 Å². The van der Waals surface area contributed by atoms with Gasteiger partial charge >= 0.3 is 0 Å². The van der Waals surface area contributed by atoms with E-state index in [2.05, 4.69) is 22.5 Å². The normalized spacial score (nSPS) is 10.3. The molecular formula is C16H17Cl2N3O. The van der Waals surface area contributed by atoms with Gasteiger partial charge in [0.2, 0.25) is 5.91 Å². The lowest BCUT2D eigenvalue weighted by Crippen LogP contribution is -2.11. The highest BCUT2D eigenvalue weighted by Crippen LogP contribution is 2.28. The monoisotopic (exact) mass is 337 g/mol. The van der Waals surface area contributed by atoms with Crippen LogP contribution in [0.5, 0.6) is 0 Å². The summed E-state index contributed by atoms with van der Waals surface area (Å²) < 4.78 is 0. The second-order valence-corrected chi connectivity index (χ2v) is 5.68. The van der Waals surface area contributed by atoms with Gasteiger partial charge in [-0.05, 0) is 36.8 Å². The molecule has 1 aromatic carbocycles. The molecule has 0 saturated carbocycles. The van der Waals surface area contributed by atoms with Gasteiger partial charge in [0, 0.05) is 11.4 Å². The molecule has 0 atom stereocenters. The molecule has 0 radical (unpaired) electrons. The van der Waals surface area contributed by atoms with Crippen molar-refractivity contribution in [3.05, 3.63) is 46.6 Å². The number of amides is 1. The zero-order chi connectivity index (χ0) is 15.9. The quantitative estimate of drug-likeness (QED) is 0.755. The van der Waals surface area contributed by atoms with Gasteiger partial charge in [0.25, 0.3) is 0 Å². The number of carbonyl (C=O) groups excluding carboxylic acids is 1. The fourth-order valence-corrected chi connectivity index (χ4v) is 2.17. The number of nitrogens with zero attached hydrogens (tertiary/aromatic N) is 1. The Morgan fingerprint density at radius 3 is 2.73 bits per heavy atom. The Morgan fingerprint density at radius 1 is 1.23 bits per heavy atom. The first-order valence-corrected chi connectivity index (χ1v) is 7.82. The molecule has 0 aliphatic rings. The number of unbranched alkanes of at least 4 members (excludes halogenated alkanes) is 1. The maximum absolute atomic E-state index is 11.6. The van der Waals surface area contributed by atoms with Gasteiger partial charge in [-0.2, -0.15) is 0 Å². The van der Waals surface area contributed by atoms with E-state index in [0.717, 1.165) is 12.8 Å². The van der Waals surface area contributed by atoms with E-state index in [4.69, 9.17) is 23.2 Å². The molecule has 22 heavy (non-hydrogen) atoms. The highest BCUT2D eigenvalue weighted by atomic mass is 35.5. The summed E-state index contributed by atoms with van der Waals surface area (Å²) in [6.45, 7) is 2.05. The van der Waals surface area contributed by atoms with E-state index in [9.17, 15) is 4.79 Å². The highest BCUT2D eigenvalue weighted by Gasteiger charge is 2.05. The van der Waals surface area contributed by atoms with Crippen molar-refractivity contribution in [3.8, 4) is 0 Å². The van der Waals surface area contributed by atoms with E-state index in [1.165, 1.54) is 0 Å². The molecule has 1 amide bonds. The third-order valence-corrected chi connectivity index (χ3v) is 3.56. The number of aromatic nitrogens is 1. The Balaban J connectivity index is 2.00. The predicted molar refractivity (Wildman–Crippen MR) is 92.1 cm³/mol. The van der Waals surface area contributed by atoms with Crippen LogP contribution in [0.15, 0.2) is 36.5 Å². The number of anilines is 3. The van der Waals surface area contributed by atoms with Crippen molar-refractivity contribution >= 4 is 46.3 Å². The molecule has 0 aliphatic carbocycles. The Kier molecular flexibility index (Phi) is 6.04. The van der Waals surface area contributed by atoms with E-state index in [1.807, 2.05) is 0 Å². The third kappa shape index (κ3) is 4.90. The van der Waals surface area contributed by atoms with Crippen LogP contribution < -0.4 is 10.6 Å². The second-order valence-electron chi connectivity index (χ2n) is 4.83. The summed E-state index contributed by atoms with van der Waals surface area (Å²) in [6.07, 6.45) is 4.00. The summed E-state index contributed by atoms with van der Waals surface area (Å²) >= 11 is 12.0. The highest BCUT2D eigenvalue weighted by molar-refractivity contribution is 6.35. The average Bonchev–Trinajstić information content (AvgIpc) is 2.51. The topological polar surface area (TPSA) is 54.0 Å². The maximum atomic E-state index is 11.6. The van der Waals surface area contributed by atoms with E-state index in [1.54, 1.807) is 36.5 Å². The lowest BCUT2D eigenvalue weighted by Gasteiger charge is -2.09. The van der Waals surface area contributed by atoms with Crippen LogP contribution >= 0.6 is 23.2 Å². The number of rotatable bonds is 6. The van der Waals surface area contributed by atoms with Crippen molar-refractivity contribution in [2.45, 2.75) is 26.2 Å². The molecule has 2 aromatic rings. The summed E-state index contributed by atoms with van der Waals surface area (Å²) in [5.74, 6) is 0.623. The third-order valence-electron chi connectivity index (χ3n) is 3.00. The number of benzene rings is 1. The Bertz CT molecular complexity index is 644. The Hall–Kier alpha value is -1.78. The lowest BCUT2D eigenvalue weighted by molar-refractivity contribution is -0.116. The summed E-state index contributed by atoms with van der Waals surface area (Å²) in [6, 6.07) is 8.72. The maximum Gasteiger partial charge on any atom is 0.224 e. The van der Waals surface area contributed by atoms with Crippen LogP contribution in [0.1, 0.15) is 26.2 Å². The molecule has 0 unspecified atom stereocenters. The number of halogens is 2. The van der Waals surface area contributed by atoms with Crippen LogP contribution in [-0.4, -0.2) is 10.9 Å². The van der Waals surface area contributed by atoms with Crippen molar-refractivity contribution in [1.29, 1.82) is 0 Å². The number of pyridine rings is 1. The van der Waals surface area contributed by atoms with E-state index >= 15 is 0 Å².